The quantitative estimate of drug-likeness (QED) is 0.769. The molecule has 0 heterocycles. The van der Waals surface area contributed by atoms with Gasteiger partial charge in [0, 0.05) is 6.42 Å². The lowest BCUT2D eigenvalue weighted by Crippen LogP contribution is -2.41. The molecule has 0 bridgehead atoms. The van der Waals surface area contributed by atoms with Crippen molar-refractivity contribution in [3.05, 3.63) is 30.3 Å². The van der Waals surface area contributed by atoms with E-state index in [0.717, 1.165) is 6.04 Å². The molecule has 0 aliphatic rings. The van der Waals surface area contributed by atoms with Crippen molar-refractivity contribution in [2.24, 2.45) is 0 Å². The third-order valence-corrected chi connectivity index (χ3v) is 5.92. The van der Waals surface area contributed by atoms with Gasteiger partial charge in [-0.1, -0.05) is 48.6 Å². The summed E-state index contributed by atoms with van der Waals surface area (Å²) >= 11 is 0. The molecule has 76 valence electrons. The van der Waals surface area contributed by atoms with E-state index in [-0.39, 0.29) is 6.42 Å². The minimum Gasteiger partial charge on any atom is -0.481 e. The summed E-state index contributed by atoms with van der Waals surface area (Å²) in [4.78, 5) is 10.5. The molecule has 2 nitrogen and oxygen atoms in total. The van der Waals surface area contributed by atoms with Crippen LogP contribution in [0.3, 0.4) is 0 Å². The minimum atomic E-state index is -1.52. The molecule has 0 aliphatic carbocycles. The molecule has 14 heavy (non-hydrogen) atoms. The highest BCUT2D eigenvalue weighted by atomic mass is 28.3. The van der Waals surface area contributed by atoms with Gasteiger partial charge in [-0.2, -0.15) is 0 Å². The van der Waals surface area contributed by atoms with Crippen molar-refractivity contribution in [3.63, 3.8) is 0 Å². The van der Waals surface area contributed by atoms with Crippen molar-refractivity contribution in [3.8, 4) is 0 Å². The molecule has 0 saturated heterocycles. The number of aliphatic carboxylic acids is 1. The van der Waals surface area contributed by atoms with Gasteiger partial charge < -0.3 is 5.11 Å². The first-order valence-corrected chi connectivity index (χ1v) is 8.00. The molecule has 3 heteroatoms. The Morgan fingerprint density at radius 3 is 2.36 bits per heavy atom. The maximum Gasteiger partial charge on any atom is 0.303 e. The van der Waals surface area contributed by atoms with E-state index in [2.05, 4.69) is 25.2 Å². The average Bonchev–Trinajstić information content (AvgIpc) is 2.16. The maximum atomic E-state index is 10.5. The van der Waals surface area contributed by atoms with E-state index in [1.54, 1.807) is 0 Å². The van der Waals surface area contributed by atoms with Gasteiger partial charge in [-0.05, 0) is 6.04 Å². The van der Waals surface area contributed by atoms with Gasteiger partial charge in [0.05, 0.1) is 8.07 Å². The fourth-order valence-electron chi connectivity index (χ4n) is 1.45. The second-order valence-electron chi connectivity index (χ2n) is 4.14. The number of carboxylic acids is 1. The molecule has 1 aromatic rings. The van der Waals surface area contributed by atoms with E-state index in [0.29, 0.717) is 0 Å². The van der Waals surface area contributed by atoms with Gasteiger partial charge >= 0.3 is 5.97 Å². The molecule has 0 unspecified atom stereocenters. The highest BCUT2D eigenvalue weighted by Crippen LogP contribution is 2.12. The van der Waals surface area contributed by atoms with Crippen LogP contribution in [0.2, 0.25) is 19.1 Å². The molecular formula is C11H16O2Si. The van der Waals surface area contributed by atoms with Crippen LogP contribution < -0.4 is 5.19 Å². The molecule has 0 fully saturated rings. The Morgan fingerprint density at radius 1 is 1.29 bits per heavy atom. The van der Waals surface area contributed by atoms with Crippen molar-refractivity contribution >= 4 is 19.2 Å². The summed E-state index contributed by atoms with van der Waals surface area (Å²) in [6, 6.07) is 11.1. The van der Waals surface area contributed by atoms with Crippen molar-refractivity contribution in [2.45, 2.75) is 25.6 Å². The van der Waals surface area contributed by atoms with E-state index in [9.17, 15) is 4.79 Å². The molecule has 1 N–H and O–H groups in total. The van der Waals surface area contributed by atoms with Gasteiger partial charge in [-0.15, -0.1) is 0 Å². The van der Waals surface area contributed by atoms with Crippen LogP contribution in [0.5, 0.6) is 0 Å². The molecule has 0 spiro atoms. The van der Waals surface area contributed by atoms with Crippen LogP contribution in [0.25, 0.3) is 0 Å². The molecular weight excluding hydrogens is 192 g/mol. The summed E-state index contributed by atoms with van der Waals surface area (Å²) in [7, 11) is -1.52. The predicted octanol–water partition coefficient (Wildman–Crippen LogP) is 2.08. The van der Waals surface area contributed by atoms with Crippen molar-refractivity contribution in [1.29, 1.82) is 0 Å². The highest BCUT2D eigenvalue weighted by molar-refractivity contribution is 6.89. The first kappa shape index (κ1) is 11.0. The lowest BCUT2D eigenvalue weighted by molar-refractivity contribution is -0.136. The Balaban J connectivity index is 2.70. The minimum absolute atomic E-state index is 0.286. The number of carboxylic acid groups (broad SMARTS) is 1. The van der Waals surface area contributed by atoms with E-state index in [1.165, 1.54) is 5.19 Å². The van der Waals surface area contributed by atoms with Gasteiger partial charge in [0.1, 0.15) is 0 Å². The molecule has 1 aromatic carbocycles. The van der Waals surface area contributed by atoms with Crippen LogP contribution in [-0.2, 0) is 4.79 Å². The molecule has 0 radical (unpaired) electrons. The number of carbonyl (C=O) groups is 1. The molecule has 0 aromatic heterocycles. The van der Waals surface area contributed by atoms with Crippen molar-refractivity contribution in [2.75, 3.05) is 0 Å². The Labute approximate surface area is 85.6 Å². The summed E-state index contributed by atoms with van der Waals surface area (Å²) in [6.45, 7) is 4.43. The van der Waals surface area contributed by atoms with E-state index in [1.807, 2.05) is 18.2 Å². The summed E-state index contributed by atoms with van der Waals surface area (Å²) in [5.41, 5.74) is 0. The zero-order chi connectivity index (χ0) is 10.6. The van der Waals surface area contributed by atoms with E-state index < -0.39 is 14.0 Å². The standard InChI is InChI=1S/C11H16O2Si/c1-14(2,9-8-11(12)13)10-6-4-3-5-7-10/h3-7H,8-9H2,1-2H3,(H,12,13). The lowest BCUT2D eigenvalue weighted by Gasteiger charge is -2.21. The zero-order valence-corrected chi connectivity index (χ0v) is 9.66. The zero-order valence-electron chi connectivity index (χ0n) is 8.66. The van der Waals surface area contributed by atoms with Crippen LogP contribution in [0, 0.1) is 0 Å². The molecule has 0 atom stereocenters. The van der Waals surface area contributed by atoms with Crippen LogP contribution in [0.15, 0.2) is 30.3 Å². The number of benzene rings is 1. The Bertz CT molecular complexity index is 306. The monoisotopic (exact) mass is 208 g/mol. The summed E-state index contributed by atoms with van der Waals surface area (Å²) in [6.07, 6.45) is 0.286. The smallest absolute Gasteiger partial charge is 0.303 e. The Hall–Kier alpha value is -1.09. The van der Waals surface area contributed by atoms with Crippen LogP contribution in [-0.4, -0.2) is 19.1 Å². The SMILES string of the molecule is C[Si](C)(CCC(=O)O)c1ccccc1. The third-order valence-electron chi connectivity index (χ3n) is 2.52. The summed E-state index contributed by atoms with van der Waals surface area (Å²) in [5, 5.41) is 9.98. The second kappa shape index (κ2) is 4.42. The Kier molecular flexibility index (Phi) is 3.47. The molecule has 1 rings (SSSR count). The fraction of sp³-hybridized carbons (Fsp3) is 0.364. The summed E-state index contributed by atoms with van der Waals surface area (Å²) in [5.74, 6) is -0.693. The van der Waals surface area contributed by atoms with Crippen molar-refractivity contribution < 1.29 is 9.90 Å². The van der Waals surface area contributed by atoms with Crippen LogP contribution in [0.1, 0.15) is 6.42 Å². The second-order valence-corrected chi connectivity index (χ2v) is 8.99. The Morgan fingerprint density at radius 2 is 1.86 bits per heavy atom. The first-order valence-electron chi connectivity index (χ1n) is 4.80. The van der Waals surface area contributed by atoms with Gasteiger partial charge in [0.2, 0.25) is 0 Å². The van der Waals surface area contributed by atoms with Crippen LogP contribution in [0.4, 0.5) is 0 Å². The topological polar surface area (TPSA) is 37.3 Å². The predicted molar refractivity (Wildman–Crippen MR) is 60.6 cm³/mol. The first-order chi connectivity index (χ1) is 6.52. The van der Waals surface area contributed by atoms with Crippen LogP contribution >= 0.6 is 0 Å². The molecule has 0 amide bonds. The summed E-state index contributed by atoms with van der Waals surface area (Å²) < 4.78 is 0. The van der Waals surface area contributed by atoms with E-state index in [4.69, 9.17) is 5.11 Å². The number of hydrogen-bond donors (Lipinski definition) is 1. The molecule has 0 saturated carbocycles. The van der Waals surface area contributed by atoms with Gasteiger partial charge in [0.15, 0.2) is 0 Å². The average molecular weight is 208 g/mol. The van der Waals surface area contributed by atoms with Gasteiger partial charge in [0.25, 0.3) is 0 Å². The van der Waals surface area contributed by atoms with Gasteiger partial charge in [-0.25, -0.2) is 0 Å². The third kappa shape index (κ3) is 2.99. The number of hydrogen-bond acceptors (Lipinski definition) is 1. The van der Waals surface area contributed by atoms with Gasteiger partial charge in [-0.3, -0.25) is 4.79 Å². The molecule has 0 aliphatic heterocycles. The van der Waals surface area contributed by atoms with Crippen molar-refractivity contribution in [1.82, 2.24) is 0 Å². The highest BCUT2D eigenvalue weighted by Gasteiger charge is 2.23. The lowest BCUT2D eigenvalue weighted by atomic mass is 10.4. The van der Waals surface area contributed by atoms with E-state index >= 15 is 0 Å². The number of rotatable bonds is 4. The largest absolute Gasteiger partial charge is 0.481 e. The normalized spacial score (nSPS) is 11.3. The fourth-order valence-corrected chi connectivity index (χ4v) is 3.68. The maximum absolute atomic E-state index is 10.5.